The highest BCUT2D eigenvalue weighted by atomic mass is 16.5. The van der Waals surface area contributed by atoms with Crippen molar-refractivity contribution < 1.29 is 9.84 Å². The number of nitrogens with one attached hydrogen (secondary N) is 1. The Hall–Kier alpha value is -1.06. The summed E-state index contributed by atoms with van der Waals surface area (Å²) in [6, 6.07) is 8.05. The molecule has 0 aliphatic heterocycles. The number of benzene rings is 1. The first-order valence-electron chi connectivity index (χ1n) is 6.94. The molecule has 1 unspecified atom stereocenters. The lowest BCUT2D eigenvalue weighted by Crippen LogP contribution is -2.42. The molecule has 0 saturated carbocycles. The molecule has 0 spiro atoms. The predicted octanol–water partition coefficient (Wildman–Crippen LogP) is 2.94. The number of hydrogen-bond acceptors (Lipinski definition) is 3. The zero-order valence-corrected chi connectivity index (χ0v) is 12.7. The molecule has 0 aliphatic carbocycles. The second-order valence-electron chi connectivity index (χ2n) is 6.32. The minimum atomic E-state index is -0.498. The average molecular weight is 265 g/mol. The van der Waals surface area contributed by atoms with E-state index in [0.29, 0.717) is 19.1 Å². The van der Waals surface area contributed by atoms with Gasteiger partial charge in [0.2, 0.25) is 0 Å². The summed E-state index contributed by atoms with van der Waals surface area (Å²) in [5.74, 6) is 1.30. The van der Waals surface area contributed by atoms with Crippen LogP contribution in [0.2, 0.25) is 0 Å². The molecule has 108 valence electrons. The number of β-amino-alcohol motifs (C(OH)–C–C–N with tert-alkyl or cyclic N) is 1. The van der Waals surface area contributed by atoms with Crippen LogP contribution in [0.15, 0.2) is 24.3 Å². The highest BCUT2D eigenvalue weighted by molar-refractivity contribution is 5.30. The lowest BCUT2D eigenvalue weighted by Gasteiger charge is -2.23. The van der Waals surface area contributed by atoms with Crippen molar-refractivity contribution in [3.8, 4) is 5.75 Å². The lowest BCUT2D eigenvalue weighted by atomic mass is 10.0. The summed E-state index contributed by atoms with van der Waals surface area (Å²) in [6.07, 6.45) is -0.498. The smallest absolute Gasteiger partial charge is 0.119 e. The van der Waals surface area contributed by atoms with Crippen molar-refractivity contribution >= 4 is 0 Å². The van der Waals surface area contributed by atoms with Gasteiger partial charge in [0.15, 0.2) is 0 Å². The minimum Gasteiger partial charge on any atom is -0.491 e. The van der Waals surface area contributed by atoms with E-state index in [-0.39, 0.29) is 5.54 Å². The van der Waals surface area contributed by atoms with Gasteiger partial charge in [0.25, 0.3) is 0 Å². The highest BCUT2D eigenvalue weighted by Gasteiger charge is 2.12. The fourth-order valence-corrected chi connectivity index (χ4v) is 1.64. The van der Waals surface area contributed by atoms with Crippen LogP contribution in [-0.2, 0) is 0 Å². The van der Waals surface area contributed by atoms with Gasteiger partial charge in [-0.25, -0.2) is 0 Å². The zero-order valence-electron chi connectivity index (χ0n) is 12.7. The van der Waals surface area contributed by atoms with Crippen LogP contribution in [0.4, 0.5) is 0 Å². The normalized spacial score (nSPS) is 13.6. The van der Waals surface area contributed by atoms with E-state index < -0.39 is 6.10 Å². The number of rotatable bonds is 6. The van der Waals surface area contributed by atoms with E-state index >= 15 is 0 Å². The van der Waals surface area contributed by atoms with Crippen molar-refractivity contribution in [2.24, 2.45) is 0 Å². The number of hydrogen-bond donors (Lipinski definition) is 2. The maximum absolute atomic E-state index is 9.86. The van der Waals surface area contributed by atoms with Gasteiger partial charge >= 0.3 is 0 Å². The van der Waals surface area contributed by atoms with Crippen molar-refractivity contribution in [1.29, 1.82) is 0 Å². The molecule has 0 saturated heterocycles. The lowest BCUT2D eigenvalue weighted by molar-refractivity contribution is 0.1000. The van der Waals surface area contributed by atoms with E-state index in [9.17, 15) is 5.11 Å². The van der Waals surface area contributed by atoms with Crippen LogP contribution in [0, 0.1) is 0 Å². The average Bonchev–Trinajstić information content (AvgIpc) is 2.33. The van der Waals surface area contributed by atoms with E-state index in [4.69, 9.17) is 4.74 Å². The number of aliphatic hydroxyl groups is 1. The van der Waals surface area contributed by atoms with Crippen LogP contribution in [0.25, 0.3) is 0 Å². The zero-order chi connectivity index (χ0) is 14.5. The van der Waals surface area contributed by atoms with Gasteiger partial charge in [0.05, 0.1) is 0 Å². The molecule has 0 fully saturated rings. The van der Waals surface area contributed by atoms with Gasteiger partial charge in [-0.1, -0.05) is 26.0 Å². The number of ether oxygens (including phenoxy) is 1. The second-order valence-corrected chi connectivity index (χ2v) is 6.32. The Kier molecular flexibility index (Phi) is 5.83. The van der Waals surface area contributed by atoms with Crippen molar-refractivity contribution in [1.82, 2.24) is 5.32 Å². The largest absolute Gasteiger partial charge is 0.491 e. The van der Waals surface area contributed by atoms with E-state index in [2.05, 4.69) is 46.0 Å². The third-order valence-electron chi connectivity index (χ3n) is 2.84. The summed E-state index contributed by atoms with van der Waals surface area (Å²) in [7, 11) is 0. The second kappa shape index (κ2) is 6.92. The van der Waals surface area contributed by atoms with Crippen molar-refractivity contribution in [3.63, 3.8) is 0 Å². The van der Waals surface area contributed by atoms with Gasteiger partial charge in [-0.3, -0.25) is 0 Å². The van der Waals surface area contributed by atoms with Gasteiger partial charge < -0.3 is 15.2 Å². The Bertz CT molecular complexity index is 383. The molecule has 0 amide bonds. The van der Waals surface area contributed by atoms with Crippen LogP contribution in [0.5, 0.6) is 5.75 Å². The van der Waals surface area contributed by atoms with Gasteiger partial charge in [-0.2, -0.15) is 0 Å². The van der Waals surface area contributed by atoms with Crippen molar-refractivity contribution in [3.05, 3.63) is 29.8 Å². The highest BCUT2D eigenvalue weighted by Crippen LogP contribution is 2.20. The maximum Gasteiger partial charge on any atom is 0.119 e. The van der Waals surface area contributed by atoms with Crippen LogP contribution in [0.1, 0.15) is 46.1 Å². The molecule has 0 aromatic heterocycles. The van der Waals surface area contributed by atoms with Crippen LogP contribution in [0.3, 0.4) is 0 Å². The van der Waals surface area contributed by atoms with Crippen molar-refractivity contribution in [2.75, 3.05) is 13.2 Å². The van der Waals surface area contributed by atoms with E-state index in [1.807, 2.05) is 18.2 Å². The SMILES string of the molecule is CC(C)c1cccc(OCC(O)CNC(C)(C)C)c1. The molecule has 19 heavy (non-hydrogen) atoms. The molecular weight excluding hydrogens is 238 g/mol. The molecule has 0 radical (unpaired) electrons. The van der Waals surface area contributed by atoms with Gasteiger partial charge in [-0.05, 0) is 44.4 Å². The Balaban J connectivity index is 2.41. The molecule has 1 rings (SSSR count). The Morgan fingerprint density at radius 3 is 2.53 bits per heavy atom. The van der Waals surface area contributed by atoms with E-state index in [1.165, 1.54) is 5.56 Å². The van der Waals surface area contributed by atoms with Gasteiger partial charge in [-0.15, -0.1) is 0 Å². The molecule has 2 N–H and O–H groups in total. The molecule has 1 aromatic rings. The van der Waals surface area contributed by atoms with Gasteiger partial charge in [0.1, 0.15) is 18.5 Å². The van der Waals surface area contributed by atoms with Gasteiger partial charge in [0, 0.05) is 12.1 Å². The molecule has 0 bridgehead atoms. The summed E-state index contributed by atoms with van der Waals surface area (Å²) in [4.78, 5) is 0. The standard InChI is InChI=1S/C16H27NO2/c1-12(2)13-7-6-8-15(9-13)19-11-14(18)10-17-16(3,4)5/h6-9,12,14,17-18H,10-11H2,1-5H3. The molecule has 1 aromatic carbocycles. The van der Waals surface area contributed by atoms with Crippen LogP contribution < -0.4 is 10.1 Å². The molecule has 0 heterocycles. The molecule has 3 nitrogen and oxygen atoms in total. The maximum atomic E-state index is 9.86. The fourth-order valence-electron chi connectivity index (χ4n) is 1.64. The predicted molar refractivity (Wildman–Crippen MR) is 79.8 cm³/mol. The first kappa shape index (κ1) is 16.0. The topological polar surface area (TPSA) is 41.5 Å². The van der Waals surface area contributed by atoms with Crippen LogP contribution in [-0.4, -0.2) is 29.9 Å². The molecule has 1 atom stereocenters. The van der Waals surface area contributed by atoms with E-state index in [0.717, 1.165) is 5.75 Å². The quantitative estimate of drug-likeness (QED) is 0.831. The fraction of sp³-hybridized carbons (Fsp3) is 0.625. The molecule has 3 heteroatoms. The third kappa shape index (κ3) is 6.60. The Morgan fingerprint density at radius 1 is 1.26 bits per heavy atom. The first-order valence-corrected chi connectivity index (χ1v) is 6.94. The summed E-state index contributed by atoms with van der Waals surface area (Å²) in [6.45, 7) is 11.4. The first-order chi connectivity index (χ1) is 8.78. The summed E-state index contributed by atoms with van der Waals surface area (Å²) < 4.78 is 5.63. The van der Waals surface area contributed by atoms with E-state index in [1.54, 1.807) is 0 Å². The summed E-state index contributed by atoms with van der Waals surface area (Å²) in [5, 5.41) is 13.1. The molecular formula is C16H27NO2. The number of aliphatic hydroxyl groups excluding tert-OH is 1. The molecule has 0 aliphatic rings. The third-order valence-corrected chi connectivity index (χ3v) is 2.84. The summed E-state index contributed by atoms with van der Waals surface area (Å²) in [5.41, 5.74) is 1.26. The Labute approximate surface area is 117 Å². The summed E-state index contributed by atoms with van der Waals surface area (Å²) >= 11 is 0. The van der Waals surface area contributed by atoms with Crippen LogP contribution >= 0.6 is 0 Å². The Morgan fingerprint density at radius 2 is 1.95 bits per heavy atom. The minimum absolute atomic E-state index is 0.0124. The van der Waals surface area contributed by atoms with Crippen molar-refractivity contribution in [2.45, 2.75) is 52.2 Å². The monoisotopic (exact) mass is 265 g/mol.